The summed E-state index contributed by atoms with van der Waals surface area (Å²) < 4.78 is 29.2. The minimum absolute atomic E-state index is 0.0115. The molecule has 1 amide bonds. The normalized spacial score (nSPS) is 11.3. The summed E-state index contributed by atoms with van der Waals surface area (Å²) >= 11 is 2.08. The first-order chi connectivity index (χ1) is 12.3. The predicted molar refractivity (Wildman–Crippen MR) is 104 cm³/mol. The van der Waals surface area contributed by atoms with Crippen molar-refractivity contribution in [3.8, 4) is 0 Å². The van der Waals surface area contributed by atoms with Crippen molar-refractivity contribution in [3.05, 3.63) is 69.1 Å². The van der Waals surface area contributed by atoms with Crippen LogP contribution in [0.25, 0.3) is 0 Å². The Morgan fingerprint density at radius 1 is 1.12 bits per heavy atom. The van der Waals surface area contributed by atoms with Crippen molar-refractivity contribution < 1.29 is 17.6 Å². The lowest BCUT2D eigenvalue weighted by Crippen LogP contribution is -2.13. The second kappa shape index (κ2) is 7.54. The van der Waals surface area contributed by atoms with E-state index in [0.29, 0.717) is 17.9 Å². The summed E-state index contributed by atoms with van der Waals surface area (Å²) in [6, 6.07) is 13.6. The van der Waals surface area contributed by atoms with E-state index in [1.807, 2.05) is 12.1 Å². The Bertz CT molecular complexity index is 1050. The summed E-state index contributed by atoms with van der Waals surface area (Å²) in [5.41, 5.74) is 1.33. The van der Waals surface area contributed by atoms with Crippen molar-refractivity contribution >= 4 is 44.3 Å². The van der Waals surface area contributed by atoms with E-state index in [-0.39, 0.29) is 16.8 Å². The highest BCUT2D eigenvalue weighted by Crippen LogP contribution is 2.16. The molecular formula is C17H14IN3O4S. The number of sulfone groups is 1. The number of hydrogen-bond acceptors (Lipinski definition) is 6. The van der Waals surface area contributed by atoms with Crippen LogP contribution in [0.3, 0.4) is 0 Å². The molecule has 7 nitrogen and oxygen atoms in total. The van der Waals surface area contributed by atoms with Gasteiger partial charge in [-0.05, 0) is 52.4 Å². The molecule has 134 valence electrons. The maximum atomic E-state index is 12.2. The lowest BCUT2D eigenvalue weighted by molar-refractivity contribution is 0.102. The molecule has 1 aromatic heterocycles. The van der Waals surface area contributed by atoms with Gasteiger partial charge >= 0.3 is 6.01 Å². The summed E-state index contributed by atoms with van der Waals surface area (Å²) in [4.78, 5) is 12.5. The van der Waals surface area contributed by atoms with Crippen LogP contribution in [0.1, 0.15) is 21.8 Å². The maximum Gasteiger partial charge on any atom is 0.322 e. The molecule has 0 fully saturated rings. The quantitative estimate of drug-likeness (QED) is 0.560. The standard InChI is InChI=1S/C17H14IN3O4S/c1-26(23,24)12-8-6-11(7-9-12)10-15-20-21-17(25-15)19-16(22)13-4-2-3-5-14(13)18/h2-9H,10H2,1H3,(H,19,21,22). The molecule has 0 atom stereocenters. The van der Waals surface area contributed by atoms with Gasteiger partial charge in [0.2, 0.25) is 5.89 Å². The molecular weight excluding hydrogens is 469 g/mol. The Morgan fingerprint density at radius 2 is 1.81 bits per heavy atom. The zero-order chi connectivity index (χ0) is 18.7. The number of nitrogens with zero attached hydrogens (tertiary/aromatic N) is 2. The number of rotatable bonds is 5. The zero-order valence-corrected chi connectivity index (χ0v) is 16.6. The Kier molecular flexibility index (Phi) is 5.37. The van der Waals surface area contributed by atoms with Gasteiger partial charge in [-0.3, -0.25) is 10.1 Å². The Morgan fingerprint density at radius 3 is 2.46 bits per heavy atom. The zero-order valence-electron chi connectivity index (χ0n) is 13.6. The summed E-state index contributed by atoms with van der Waals surface area (Å²) in [6.45, 7) is 0. The van der Waals surface area contributed by atoms with E-state index in [4.69, 9.17) is 4.42 Å². The highest BCUT2D eigenvalue weighted by molar-refractivity contribution is 14.1. The molecule has 2 aromatic carbocycles. The second-order valence-electron chi connectivity index (χ2n) is 5.53. The van der Waals surface area contributed by atoms with Gasteiger partial charge < -0.3 is 4.42 Å². The van der Waals surface area contributed by atoms with Gasteiger partial charge in [0.05, 0.1) is 16.9 Å². The van der Waals surface area contributed by atoms with Gasteiger partial charge in [0, 0.05) is 9.83 Å². The van der Waals surface area contributed by atoms with Crippen LogP contribution in [-0.2, 0) is 16.3 Å². The molecule has 9 heteroatoms. The van der Waals surface area contributed by atoms with E-state index >= 15 is 0 Å². The van der Waals surface area contributed by atoms with E-state index in [2.05, 4.69) is 38.1 Å². The third-order valence-electron chi connectivity index (χ3n) is 3.51. The Labute approximate surface area is 163 Å². The second-order valence-corrected chi connectivity index (χ2v) is 8.71. The van der Waals surface area contributed by atoms with E-state index in [9.17, 15) is 13.2 Å². The fourth-order valence-electron chi connectivity index (χ4n) is 2.21. The molecule has 0 bridgehead atoms. The largest absolute Gasteiger partial charge is 0.407 e. The van der Waals surface area contributed by atoms with E-state index in [0.717, 1.165) is 15.4 Å². The number of carbonyl (C=O) groups is 1. The van der Waals surface area contributed by atoms with Gasteiger partial charge in [0.25, 0.3) is 5.91 Å². The smallest absolute Gasteiger partial charge is 0.322 e. The van der Waals surface area contributed by atoms with Crippen molar-refractivity contribution in [2.75, 3.05) is 11.6 Å². The third kappa shape index (κ3) is 4.47. The Hall–Kier alpha value is -2.27. The molecule has 0 spiro atoms. The fraction of sp³-hybridized carbons (Fsp3) is 0.118. The molecule has 0 saturated heterocycles. The SMILES string of the molecule is CS(=O)(=O)c1ccc(Cc2nnc(NC(=O)c3ccccc3I)o2)cc1. The summed E-state index contributed by atoms with van der Waals surface area (Å²) in [5.74, 6) is -0.0159. The van der Waals surface area contributed by atoms with Gasteiger partial charge in [-0.2, -0.15) is 0 Å². The molecule has 0 saturated carbocycles. The summed E-state index contributed by atoms with van der Waals surface area (Å²) in [5, 5.41) is 10.3. The number of benzene rings is 2. The molecule has 26 heavy (non-hydrogen) atoms. The van der Waals surface area contributed by atoms with Gasteiger partial charge in [-0.25, -0.2) is 8.42 Å². The number of halogens is 1. The molecule has 0 aliphatic heterocycles. The number of nitrogens with one attached hydrogen (secondary N) is 1. The molecule has 1 N–H and O–H groups in total. The minimum atomic E-state index is -3.23. The minimum Gasteiger partial charge on any atom is -0.407 e. The van der Waals surface area contributed by atoms with Crippen LogP contribution in [0.15, 0.2) is 57.8 Å². The van der Waals surface area contributed by atoms with Gasteiger partial charge in [-0.15, -0.1) is 5.10 Å². The fourth-order valence-corrected chi connectivity index (χ4v) is 3.48. The van der Waals surface area contributed by atoms with E-state index in [1.165, 1.54) is 12.1 Å². The number of aromatic nitrogens is 2. The highest BCUT2D eigenvalue weighted by atomic mass is 127. The Balaban J connectivity index is 1.68. The number of carbonyl (C=O) groups excluding carboxylic acids is 1. The molecule has 1 heterocycles. The third-order valence-corrected chi connectivity index (χ3v) is 5.58. The van der Waals surface area contributed by atoms with Gasteiger partial charge in [0.1, 0.15) is 0 Å². The number of anilines is 1. The van der Waals surface area contributed by atoms with Crippen molar-refractivity contribution in [1.29, 1.82) is 0 Å². The summed E-state index contributed by atoms with van der Waals surface area (Å²) in [6.07, 6.45) is 1.48. The summed E-state index contributed by atoms with van der Waals surface area (Å²) in [7, 11) is -3.23. The van der Waals surface area contributed by atoms with Crippen molar-refractivity contribution in [1.82, 2.24) is 10.2 Å². The maximum absolute atomic E-state index is 12.2. The lowest BCUT2D eigenvalue weighted by atomic mass is 10.1. The monoisotopic (exact) mass is 483 g/mol. The average molecular weight is 483 g/mol. The highest BCUT2D eigenvalue weighted by Gasteiger charge is 2.14. The van der Waals surface area contributed by atoms with Crippen LogP contribution >= 0.6 is 22.6 Å². The molecule has 3 aromatic rings. The molecule has 0 aliphatic rings. The van der Waals surface area contributed by atoms with Crippen LogP contribution in [-0.4, -0.2) is 30.8 Å². The molecule has 0 unspecified atom stereocenters. The first kappa shape index (κ1) is 18.5. The van der Waals surface area contributed by atoms with Crippen LogP contribution < -0.4 is 5.32 Å². The van der Waals surface area contributed by atoms with Crippen LogP contribution in [0.4, 0.5) is 6.01 Å². The predicted octanol–water partition coefficient (Wildman–Crippen LogP) is 2.92. The van der Waals surface area contributed by atoms with Crippen molar-refractivity contribution in [2.45, 2.75) is 11.3 Å². The van der Waals surface area contributed by atoms with E-state index in [1.54, 1.807) is 24.3 Å². The first-order valence-electron chi connectivity index (χ1n) is 7.50. The number of hydrogen-bond donors (Lipinski definition) is 1. The van der Waals surface area contributed by atoms with Crippen molar-refractivity contribution in [2.24, 2.45) is 0 Å². The van der Waals surface area contributed by atoms with Crippen LogP contribution in [0.5, 0.6) is 0 Å². The van der Waals surface area contributed by atoms with Gasteiger partial charge in [0.15, 0.2) is 9.84 Å². The average Bonchev–Trinajstić information content (AvgIpc) is 3.01. The van der Waals surface area contributed by atoms with Crippen LogP contribution in [0, 0.1) is 3.57 Å². The van der Waals surface area contributed by atoms with Gasteiger partial charge in [-0.1, -0.05) is 29.4 Å². The first-order valence-corrected chi connectivity index (χ1v) is 10.5. The topological polar surface area (TPSA) is 102 Å². The molecule has 3 rings (SSSR count). The van der Waals surface area contributed by atoms with Crippen molar-refractivity contribution in [3.63, 3.8) is 0 Å². The molecule has 0 radical (unpaired) electrons. The number of amides is 1. The van der Waals surface area contributed by atoms with E-state index < -0.39 is 9.84 Å². The lowest BCUT2D eigenvalue weighted by Gasteiger charge is -2.02. The van der Waals surface area contributed by atoms with Crippen LogP contribution in [0.2, 0.25) is 0 Å². The molecule has 0 aliphatic carbocycles.